The summed E-state index contributed by atoms with van der Waals surface area (Å²) in [6.45, 7) is 1.85. The Labute approximate surface area is 100 Å². The van der Waals surface area contributed by atoms with Crippen LogP contribution in [-0.4, -0.2) is 27.3 Å². The third kappa shape index (κ3) is 2.68. The van der Waals surface area contributed by atoms with Crippen molar-refractivity contribution in [1.29, 1.82) is 0 Å². The number of carbonyl (C=O) groups excluding carboxylic acids is 1. The van der Waals surface area contributed by atoms with E-state index >= 15 is 0 Å². The number of methoxy groups -OCH3 is 3. The number of aryl methyl sites for hydroxylation is 1. The lowest BCUT2D eigenvalue weighted by atomic mass is 10.0. The third-order valence-electron chi connectivity index (χ3n) is 2.56. The predicted molar refractivity (Wildman–Crippen MR) is 63.2 cm³/mol. The van der Waals surface area contributed by atoms with Crippen LogP contribution in [0.25, 0.3) is 0 Å². The first kappa shape index (κ1) is 13.3. The van der Waals surface area contributed by atoms with Crippen LogP contribution in [0.1, 0.15) is 17.2 Å². The zero-order valence-electron chi connectivity index (χ0n) is 10.4. The zero-order chi connectivity index (χ0) is 13.0. The van der Waals surface area contributed by atoms with Crippen molar-refractivity contribution in [3.63, 3.8) is 0 Å². The molecule has 1 rings (SSSR count). The molecule has 0 aliphatic rings. The topological polar surface area (TPSA) is 70.8 Å². The van der Waals surface area contributed by atoms with Gasteiger partial charge >= 0.3 is 5.97 Å². The maximum Gasteiger partial charge on any atom is 0.327 e. The highest BCUT2D eigenvalue weighted by Gasteiger charge is 2.20. The van der Waals surface area contributed by atoms with Gasteiger partial charge in [0.1, 0.15) is 6.04 Å². The molecule has 1 aromatic rings. The minimum Gasteiger partial charge on any atom is -0.493 e. The summed E-state index contributed by atoms with van der Waals surface area (Å²) in [4.78, 5) is 11.4. The van der Waals surface area contributed by atoms with Gasteiger partial charge in [-0.1, -0.05) is 0 Å². The van der Waals surface area contributed by atoms with Gasteiger partial charge < -0.3 is 19.9 Å². The van der Waals surface area contributed by atoms with E-state index in [-0.39, 0.29) is 0 Å². The Bertz CT molecular complexity index is 417. The average Bonchev–Trinajstić information content (AvgIpc) is 2.36. The van der Waals surface area contributed by atoms with Crippen molar-refractivity contribution in [2.24, 2.45) is 5.73 Å². The van der Waals surface area contributed by atoms with Crippen LogP contribution in [0.4, 0.5) is 0 Å². The monoisotopic (exact) mass is 239 g/mol. The van der Waals surface area contributed by atoms with Gasteiger partial charge in [0, 0.05) is 0 Å². The molecular formula is C12H17NO4. The molecule has 2 N–H and O–H groups in total. The SMILES string of the molecule is COC(=O)C(N)c1cc(OC)c(OC)cc1C. The van der Waals surface area contributed by atoms with Crippen molar-refractivity contribution in [3.8, 4) is 11.5 Å². The molecule has 0 aliphatic heterocycles. The second kappa shape index (κ2) is 5.54. The standard InChI is InChI=1S/C12H17NO4/c1-7-5-9(15-2)10(16-3)6-8(7)11(13)12(14)17-4/h5-6,11H,13H2,1-4H3. The minimum atomic E-state index is -0.820. The van der Waals surface area contributed by atoms with Crippen LogP contribution in [0.15, 0.2) is 12.1 Å². The number of hydrogen-bond donors (Lipinski definition) is 1. The van der Waals surface area contributed by atoms with Crippen molar-refractivity contribution in [2.45, 2.75) is 13.0 Å². The number of benzene rings is 1. The van der Waals surface area contributed by atoms with E-state index in [1.165, 1.54) is 14.2 Å². The lowest BCUT2D eigenvalue weighted by Gasteiger charge is -2.16. The van der Waals surface area contributed by atoms with Crippen LogP contribution in [-0.2, 0) is 9.53 Å². The molecule has 0 amide bonds. The van der Waals surface area contributed by atoms with Crippen molar-refractivity contribution >= 4 is 5.97 Å². The molecule has 0 radical (unpaired) electrons. The third-order valence-corrected chi connectivity index (χ3v) is 2.56. The molecule has 0 bridgehead atoms. The van der Waals surface area contributed by atoms with E-state index in [0.717, 1.165) is 5.56 Å². The molecule has 0 fully saturated rings. The summed E-state index contributed by atoms with van der Waals surface area (Å²) in [5.74, 6) is 0.651. The van der Waals surface area contributed by atoms with E-state index in [9.17, 15) is 4.79 Å². The van der Waals surface area contributed by atoms with E-state index in [1.807, 2.05) is 6.92 Å². The Morgan fingerprint density at radius 1 is 1.18 bits per heavy atom. The van der Waals surface area contributed by atoms with Crippen molar-refractivity contribution in [1.82, 2.24) is 0 Å². The second-order valence-corrected chi connectivity index (χ2v) is 3.56. The average molecular weight is 239 g/mol. The van der Waals surface area contributed by atoms with Gasteiger partial charge in [0.2, 0.25) is 0 Å². The van der Waals surface area contributed by atoms with Gasteiger partial charge in [-0.15, -0.1) is 0 Å². The smallest absolute Gasteiger partial charge is 0.327 e. The highest BCUT2D eigenvalue weighted by molar-refractivity contribution is 5.78. The Kier molecular flexibility index (Phi) is 4.34. The van der Waals surface area contributed by atoms with Crippen LogP contribution in [0, 0.1) is 6.92 Å². The molecule has 94 valence electrons. The van der Waals surface area contributed by atoms with E-state index in [1.54, 1.807) is 19.2 Å². The number of esters is 1. The van der Waals surface area contributed by atoms with Gasteiger partial charge in [-0.25, -0.2) is 0 Å². The second-order valence-electron chi connectivity index (χ2n) is 3.56. The maximum absolute atomic E-state index is 11.4. The number of rotatable bonds is 4. The molecule has 0 saturated heterocycles. The maximum atomic E-state index is 11.4. The molecule has 0 spiro atoms. The number of hydrogen-bond acceptors (Lipinski definition) is 5. The van der Waals surface area contributed by atoms with Crippen LogP contribution in [0.5, 0.6) is 11.5 Å². The normalized spacial score (nSPS) is 11.8. The van der Waals surface area contributed by atoms with Crippen molar-refractivity contribution in [2.75, 3.05) is 21.3 Å². The van der Waals surface area contributed by atoms with E-state index in [0.29, 0.717) is 17.1 Å². The van der Waals surface area contributed by atoms with Gasteiger partial charge in [-0.2, -0.15) is 0 Å². The molecular weight excluding hydrogens is 222 g/mol. The van der Waals surface area contributed by atoms with Gasteiger partial charge in [-0.3, -0.25) is 4.79 Å². The first-order valence-electron chi connectivity index (χ1n) is 5.11. The molecule has 5 heteroatoms. The van der Waals surface area contributed by atoms with E-state index in [4.69, 9.17) is 15.2 Å². The fraction of sp³-hybridized carbons (Fsp3) is 0.417. The summed E-state index contributed by atoms with van der Waals surface area (Å²) >= 11 is 0. The largest absolute Gasteiger partial charge is 0.493 e. The Morgan fingerprint density at radius 3 is 2.18 bits per heavy atom. The van der Waals surface area contributed by atoms with Crippen LogP contribution in [0.2, 0.25) is 0 Å². The summed E-state index contributed by atoms with van der Waals surface area (Å²) in [7, 11) is 4.39. The molecule has 1 aromatic carbocycles. The fourth-order valence-corrected chi connectivity index (χ4v) is 1.59. The zero-order valence-corrected chi connectivity index (χ0v) is 10.4. The number of carbonyl (C=O) groups is 1. The summed E-state index contributed by atoms with van der Waals surface area (Å²) in [5.41, 5.74) is 7.30. The molecule has 5 nitrogen and oxygen atoms in total. The Morgan fingerprint density at radius 2 is 1.71 bits per heavy atom. The first-order valence-corrected chi connectivity index (χ1v) is 5.11. The van der Waals surface area contributed by atoms with Gasteiger partial charge in [0.25, 0.3) is 0 Å². The Balaban J connectivity index is 3.21. The quantitative estimate of drug-likeness (QED) is 0.799. The summed E-state index contributed by atoms with van der Waals surface area (Å²) in [6.07, 6.45) is 0. The first-order chi connectivity index (χ1) is 8.04. The predicted octanol–water partition coefficient (Wildman–Crippen LogP) is 1.19. The molecule has 0 aromatic heterocycles. The molecule has 0 aliphatic carbocycles. The molecule has 1 unspecified atom stereocenters. The van der Waals surface area contributed by atoms with Gasteiger partial charge in [0.05, 0.1) is 21.3 Å². The van der Waals surface area contributed by atoms with Crippen LogP contribution < -0.4 is 15.2 Å². The van der Waals surface area contributed by atoms with Crippen LogP contribution in [0.3, 0.4) is 0 Å². The molecule has 0 heterocycles. The summed E-state index contributed by atoms with van der Waals surface area (Å²) < 4.78 is 14.9. The van der Waals surface area contributed by atoms with Gasteiger partial charge in [0.15, 0.2) is 11.5 Å². The number of ether oxygens (including phenoxy) is 3. The Hall–Kier alpha value is -1.75. The van der Waals surface area contributed by atoms with E-state index in [2.05, 4.69) is 4.74 Å². The lowest BCUT2D eigenvalue weighted by molar-refractivity contribution is -0.142. The minimum absolute atomic E-state index is 0.486. The lowest BCUT2D eigenvalue weighted by Crippen LogP contribution is -2.23. The van der Waals surface area contributed by atoms with Crippen molar-refractivity contribution in [3.05, 3.63) is 23.3 Å². The highest BCUT2D eigenvalue weighted by atomic mass is 16.5. The molecule has 17 heavy (non-hydrogen) atoms. The summed E-state index contributed by atoms with van der Waals surface area (Å²) in [6, 6.07) is 2.65. The van der Waals surface area contributed by atoms with Gasteiger partial charge in [-0.05, 0) is 30.2 Å². The highest BCUT2D eigenvalue weighted by Crippen LogP contribution is 2.32. The fourth-order valence-electron chi connectivity index (χ4n) is 1.59. The molecule has 1 atom stereocenters. The van der Waals surface area contributed by atoms with Crippen molar-refractivity contribution < 1.29 is 19.0 Å². The number of nitrogens with two attached hydrogens (primary N) is 1. The van der Waals surface area contributed by atoms with E-state index < -0.39 is 12.0 Å². The van der Waals surface area contributed by atoms with Crippen LogP contribution >= 0.6 is 0 Å². The molecule has 0 saturated carbocycles. The summed E-state index contributed by atoms with van der Waals surface area (Å²) in [5, 5.41) is 0.